The largest absolute Gasteiger partial charge is 0.457 e. The van der Waals surface area contributed by atoms with Gasteiger partial charge in [0, 0.05) is 24.2 Å². The monoisotopic (exact) mass is 345 g/mol. The van der Waals surface area contributed by atoms with Crippen LogP contribution in [0.15, 0.2) is 21.4 Å². The van der Waals surface area contributed by atoms with E-state index >= 15 is 0 Å². The van der Waals surface area contributed by atoms with Gasteiger partial charge in [-0.1, -0.05) is 18.5 Å². The lowest BCUT2D eigenvalue weighted by Crippen LogP contribution is -2.23. The summed E-state index contributed by atoms with van der Waals surface area (Å²) in [4.78, 5) is 0. The van der Waals surface area contributed by atoms with Crippen LogP contribution in [0.25, 0.3) is 0 Å². The zero-order valence-corrected chi connectivity index (χ0v) is 13.5. The van der Waals surface area contributed by atoms with Gasteiger partial charge in [0.15, 0.2) is 4.67 Å². The molecule has 1 atom stereocenters. The van der Waals surface area contributed by atoms with Gasteiger partial charge in [-0.15, -0.1) is 0 Å². The van der Waals surface area contributed by atoms with Gasteiger partial charge < -0.3 is 9.73 Å². The molecule has 0 amide bonds. The number of hydrogen-bond donors (Lipinski definition) is 1. The number of rotatable bonds is 5. The SMILES string of the molecule is CCNC(Cc1c(C)nn(C)c1Cl)c1ccoc1Br. The zero-order chi connectivity index (χ0) is 14.0. The van der Waals surface area contributed by atoms with E-state index in [4.69, 9.17) is 16.0 Å². The van der Waals surface area contributed by atoms with Gasteiger partial charge in [-0.2, -0.15) is 5.10 Å². The van der Waals surface area contributed by atoms with Crippen molar-refractivity contribution in [3.05, 3.63) is 39.0 Å². The minimum Gasteiger partial charge on any atom is -0.457 e. The number of aryl methyl sites for hydroxylation is 2. The number of halogens is 2. The number of likely N-dealkylation sites (N-methyl/N-ethyl adjacent to an activating group) is 1. The molecule has 0 bridgehead atoms. The molecule has 4 nitrogen and oxygen atoms in total. The molecule has 6 heteroatoms. The predicted molar refractivity (Wildman–Crippen MR) is 79.5 cm³/mol. The minimum absolute atomic E-state index is 0.151. The summed E-state index contributed by atoms with van der Waals surface area (Å²) in [6.07, 6.45) is 2.46. The van der Waals surface area contributed by atoms with Crippen molar-refractivity contribution in [3.8, 4) is 0 Å². The molecule has 2 aromatic heterocycles. The third-order valence-electron chi connectivity index (χ3n) is 3.15. The topological polar surface area (TPSA) is 43.0 Å². The summed E-state index contributed by atoms with van der Waals surface area (Å²) < 4.78 is 7.79. The Bertz CT molecular complexity index is 564. The van der Waals surface area contributed by atoms with E-state index in [9.17, 15) is 0 Å². The van der Waals surface area contributed by atoms with Gasteiger partial charge >= 0.3 is 0 Å². The van der Waals surface area contributed by atoms with Crippen LogP contribution in [0.2, 0.25) is 5.15 Å². The normalized spacial score (nSPS) is 12.9. The van der Waals surface area contributed by atoms with E-state index in [0.29, 0.717) is 5.15 Å². The van der Waals surface area contributed by atoms with Crippen LogP contribution in [0.1, 0.15) is 29.8 Å². The standard InChI is InChI=1S/C13H17BrClN3O/c1-4-16-11(9-5-6-19-12(9)14)7-10-8(2)17-18(3)13(10)15/h5-6,11,16H,4,7H2,1-3H3. The highest BCUT2D eigenvalue weighted by atomic mass is 79.9. The summed E-state index contributed by atoms with van der Waals surface area (Å²) in [5.41, 5.74) is 3.14. The van der Waals surface area contributed by atoms with Crippen LogP contribution in [-0.4, -0.2) is 16.3 Å². The van der Waals surface area contributed by atoms with Crippen molar-refractivity contribution in [1.82, 2.24) is 15.1 Å². The molecule has 0 aliphatic heterocycles. The zero-order valence-electron chi connectivity index (χ0n) is 11.2. The van der Waals surface area contributed by atoms with Crippen LogP contribution in [0, 0.1) is 6.92 Å². The summed E-state index contributed by atoms with van der Waals surface area (Å²) in [6, 6.07) is 2.12. The lowest BCUT2D eigenvalue weighted by Gasteiger charge is -2.17. The maximum atomic E-state index is 6.30. The van der Waals surface area contributed by atoms with Crippen LogP contribution in [0.3, 0.4) is 0 Å². The van der Waals surface area contributed by atoms with Crippen molar-refractivity contribution in [1.29, 1.82) is 0 Å². The minimum atomic E-state index is 0.151. The second-order valence-corrected chi connectivity index (χ2v) is 5.52. The first-order valence-electron chi connectivity index (χ1n) is 6.18. The predicted octanol–water partition coefficient (Wildman–Crippen LogP) is 3.63. The Balaban J connectivity index is 2.29. The Labute approximate surface area is 126 Å². The van der Waals surface area contributed by atoms with Crippen molar-refractivity contribution in [2.24, 2.45) is 7.05 Å². The van der Waals surface area contributed by atoms with Gasteiger partial charge in [0.25, 0.3) is 0 Å². The van der Waals surface area contributed by atoms with E-state index in [1.165, 1.54) is 0 Å². The summed E-state index contributed by atoms with van der Waals surface area (Å²) in [7, 11) is 1.86. The number of nitrogens with zero attached hydrogens (tertiary/aromatic N) is 2. The lowest BCUT2D eigenvalue weighted by molar-refractivity contribution is 0.506. The number of furan rings is 1. The molecule has 19 heavy (non-hydrogen) atoms. The highest BCUT2D eigenvalue weighted by Crippen LogP contribution is 2.30. The Morgan fingerprint density at radius 1 is 1.58 bits per heavy atom. The van der Waals surface area contributed by atoms with Crippen LogP contribution >= 0.6 is 27.5 Å². The van der Waals surface area contributed by atoms with Crippen molar-refractivity contribution >= 4 is 27.5 Å². The smallest absolute Gasteiger partial charge is 0.173 e. The second-order valence-electron chi connectivity index (χ2n) is 4.44. The third-order valence-corrected chi connectivity index (χ3v) is 4.27. The molecule has 0 spiro atoms. The highest BCUT2D eigenvalue weighted by molar-refractivity contribution is 9.10. The summed E-state index contributed by atoms with van der Waals surface area (Å²) >= 11 is 9.73. The van der Waals surface area contributed by atoms with Crippen molar-refractivity contribution in [2.45, 2.75) is 26.3 Å². The van der Waals surface area contributed by atoms with Gasteiger partial charge in [-0.3, -0.25) is 4.68 Å². The van der Waals surface area contributed by atoms with E-state index in [0.717, 1.165) is 34.5 Å². The first kappa shape index (κ1) is 14.6. The van der Waals surface area contributed by atoms with Crippen LogP contribution in [0.4, 0.5) is 0 Å². The molecule has 0 aliphatic carbocycles. The average Bonchev–Trinajstić information content (AvgIpc) is 2.88. The molecule has 2 aromatic rings. The van der Waals surface area contributed by atoms with Crippen LogP contribution < -0.4 is 5.32 Å². The molecule has 0 saturated carbocycles. The number of nitrogens with one attached hydrogen (secondary N) is 1. The van der Waals surface area contributed by atoms with E-state index in [-0.39, 0.29) is 6.04 Å². The molecule has 0 radical (unpaired) electrons. The van der Waals surface area contributed by atoms with Gasteiger partial charge in [-0.25, -0.2) is 0 Å². The van der Waals surface area contributed by atoms with Crippen LogP contribution in [-0.2, 0) is 13.5 Å². The van der Waals surface area contributed by atoms with Crippen molar-refractivity contribution in [3.63, 3.8) is 0 Å². The summed E-state index contributed by atoms with van der Waals surface area (Å²) in [5.74, 6) is 0. The molecule has 104 valence electrons. The van der Waals surface area contributed by atoms with E-state index < -0.39 is 0 Å². The fourth-order valence-electron chi connectivity index (χ4n) is 2.20. The first-order chi connectivity index (χ1) is 9.04. The Morgan fingerprint density at radius 3 is 2.79 bits per heavy atom. The number of aromatic nitrogens is 2. The van der Waals surface area contributed by atoms with Crippen molar-refractivity contribution < 1.29 is 4.42 Å². The Kier molecular flexibility index (Phi) is 4.71. The molecule has 1 unspecified atom stereocenters. The molecule has 2 heterocycles. The molecular weight excluding hydrogens is 330 g/mol. The van der Waals surface area contributed by atoms with E-state index in [1.54, 1.807) is 10.9 Å². The maximum absolute atomic E-state index is 6.30. The molecule has 0 aliphatic rings. The lowest BCUT2D eigenvalue weighted by atomic mass is 10.0. The summed E-state index contributed by atoms with van der Waals surface area (Å²) in [5, 5.41) is 8.50. The fourth-order valence-corrected chi connectivity index (χ4v) is 2.97. The maximum Gasteiger partial charge on any atom is 0.173 e. The molecule has 1 N–H and O–H groups in total. The molecule has 0 saturated heterocycles. The Hall–Kier alpha value is -0.780. The molecule has 0 aromatic carbocycles. The third kappa shape index (κ3) is 3.04. The van der Waals surface area contributed by atoms with E-state index in [1.807, 2.05) is 20.0 Å². The fraction of sp³-hybridized carbons (Fsp3) is 0.462. The Morgan fingerprint density at radius 2 is 2.32 bits per heavy atom. The van der Waals surface area contributed by atoms with Gasteiger partial charge in [0.1, 0.15) is 5.15 Å². The quantitative estimate of drug-likeness (QED) is 0.899. The number of hydrogen-bond acceptors (Lipinski definition) is 3. The first-order valence-corrected chi connectivity index (χ1v) is 7.36. The molecule has 0 fully saturated rings. The van der Waals surface area contributed by atoms with Gasteiger partial charge in [-0.05, 0) is 41.9 Å². The van der Waals surface area contributed by atoms with Crippen LogP contribution in [0.5, 0.6) is 0 Å². The molecular formula is C13H17BrClN3O. The molecule has 2 rings (SSSR count). The summed E-state index contributed by atoms with van der Waals surface area (Å²) in [6.45, 7) is 4.94. The van der Waals surface area contributed by atoms with E-state index in [2.05, 4.69) is 33.3 Å². The van der Waals surface area contributed by atoms with Crippen molar-refractivity contribution in [2.75, 3.05) is 6.54 Å². The van der Waals surface area contributed by atoms with Gasteiger partial charge in [0.2, 0.25) is 0 Å². The average molecular weight is 347 g/mol. The second kappa shape index (κ2) is 6.11. The highest BCUT2D eigenvalue weighted by Gasteiger charge is 2.21. The van der Waals surface area contributed by atoms with Gasteiger partial charge in [0.05, 0.1) is 12.0 Å².